The van der Waals surface area contributed by atoms with Gasteiger partial charge in [-0.1, -0.05) is 0 Å². The molecule has 1 spiro atoms. The number of aryl methyl sites for hydroxylation is 1. The second-order valence-electron chi connectivity index (χ2n) is 6.15. The van der Waals surface area contributed by atoms with Crippen molar-refractivity contribution in [2.75, 3.05) is 18.1 Å². The Morgan fingerprint density at radius 1 is 1.48 bits per heavy atom. The summed E-state index contributed by atoms with van der Waals surface area (Å²) in [6.07, 6.45) is 4.62. The summed E-state index contributed by atoms with van der Waals surface area (Å²) >= 11 is 7.49. The predicted molar refractivity (Wildman–Crippen MR) is 94.8 cm³/mol. The van der Waals surface area contributed by atoms with E-state index in [0.717, 1.165) is 19.4 Å². The molecule has 2 fully saturated rings. The number of ether oxygens (including phenoxy) is 1. The van der Waals surface area contributed by atoms with Gasteiger partial charge >= 0.3 is 0 Å². The molecule has 6 heteroatoms. The Labute approximate surface area is 143 Å². The highest BCUT2D eigenvalue weighted by atomic mass is 79.9. The SMILES string of the molecule is Cc1cc(C(NN)C2CCOC3(CCSCC3)C2)sc1Br. The molecule has 2 unspecified atom stereocenters. The van der Waals surface area contributed by atoms with Crippen molar-refractivity contribution in [2.45, 2.75) is 44.2 Å². The summed E-state index contributed by atoms with van der Waals surface area (Å²) in [4.78, 5) is 1.34. The standard InChI is InChI=1S/C15H23BrN2OS2/c1-10-8-12(21-14(10)16)13(18-17)11-2-5-19-15(9-11)3-6-20-7-4-15/h8,11,13,18H,2-7,9,17H2,1H3. The van der Waals surface area contributed by atoms with Crippen molar-refractivity contribution in [1.82, 2.24) is 5.43 Å². The van der Waals surface area contributed by atoms with Gasteiger partial charge in [0.05, 0.1) is 15.4 Å². The zero-order valence-corrected chi connectivity index (χ0v) is 15.6. The Bertz CT molecular complexity index is 463. The van der Waals surface area contributed by atoms with Crippen LogP contribution in [0.3, 0.4) is 0 Å². The summed E-state index contributed by atoms with van der Waals surface area (Å²) < 4.78 is 7.42. The first-order chi connectivity index (χ1) is 10.1. The molecule has 0 amide bonds. The van der Waals surface area contributed by atoms with Crippen LogP contribution in [0.2, 0.25) is 0 Å². The smallest absolute Gasteiger partial charge is 0.0731 e. The van der Waals surface area contributed by atoms with Crippen LogP contribution in [0, 0.1) is 12.8 Å². The van der Waals surface area contributed by atoms with Gasteiger partial charge in [0.25, 0.3) is 0 Å². The first-order valence-electron chi connectivity index (χ1n) is 7.57. The van der Waals surface area contributed by atoms with Gasteiger partial charge in [0.2, 0.25) is 0 Å². The van der Waals surface area contributed by atoms with E-state index in [0.29, 0.717) is 5.92 Å². The van der Waals surface area contributed by atoms with Gasteiger partial charge in [-0.05, 0) is 77.6 Å². The van der Waals surface area contributed by atoms with Gasteiger partial charge in [0, 0.05) is 11.5 Å². The molecule has 3 rings (SSSR count). The zero-order valence-electron chi connectivity index (χ0n) is 12.4. The minimum Gasteiger partial charge on any atom is -0.375 e. The van der Waals surface area contributed by atoms with E-state index in [1.165, 1.54) is 38.6 Å². The van der Waals surface area contributed by atoms with Gasteiger partial charge in [0.15, 0.2) is 0 Å². The molecule has 2 aliphatic heterocycles. The number of halogens is 1. The molecule has 0 aromatic carbocycles. The molecule has 3 nitrogen and oxygen atoms in total. The number of nitrogens with one attached hydrogen (secondary N) is 1. The summed E-state index contributed by atoms with van der Waals surface area (Å²) in [6.45, 7) is 3.01. The Balaban J connectivity index is 1.77. The van der Waals surface area contributed by atoms with Crippen molar-refractivity contribution >= 4 is 39.0 Å². The Hall–Kier alpha value is 0.410. The molecule has 3 heterocycles. The van der Waals surface area contributed by atoms with Crippen molar-refractivity contribution in [1.29, 1.82) is 0 Å². The van der Waals surface area contributed by atoms with Crippen molar-refractivity contribution < 1.29 is 4.74 Å². The minimum absolute atomic E-state index is 0.118. The summed E-state index contributed by atoms with van der Waals surface area (Å²) in [6, 6.07) is 2.51. The molecule has 21 heavy (non-hydrogen) atoms. The van der Waals surface area contributed by atoms with Crippen LogP contribution in [0.25, 0.3) is 0 Å². The highest BCUT2D eigenvalue weighted by Crippen LogP contribution is 2.45. The fraction of sp³-hybridized carbons (Fsp3) is 0.733. The molecular formula is C15H23BrN2OS2. The molecule has 3 N–H and O–H groups in total. The molecule has 2 saturated heterocycles. The van der Waals surface area contributed by atoms with Crippen LogP contribution in [-0.2, 0) is 4.74 Å². The van der Waals surface area contributed by atoms with Gasteiger partial charge in [-0.25, -0.2) is 0 Å². The van der Waals surface area contributed by atoms with Crippen LogP contribution in [-0.4, -0.2) is 23.7 Å². The van der Waals surface area contributed by atoms with Crippen LogP contribution < -0.4 is 11.3 Å². The van der Waals surface area contributed by atoms with Crippen molar-refractivity contribution in [3.05, 3.63) is 20.3 Å². The lowest BCUT2D eigenvalue weighted by molar-refractivity contribution is -0.107. The maximum Gasteiger partial charge on any atom is 0.0731 e. The van der Waals surface area contributed by atoms with Crippen molar-refractivity contribution in [3.8, 4) is 0 Å². The number of rotatable bonds is 3. The third-order valence-corrected chi connectivity index (χ3v) is 7.97. The summed E-state index contributed by atoms with van der Waals surface area (Å²) in [5.74, 6) is 8.94. The lowest BCUT2D eigenvalue weighted by atomic mass is 9.78. The zero-order chi connectivity index (χ0) is 14.9. The van der Waals surface area contributed by atoms with Crippen LogP contribution in [0.1, 0.15) is 42.2 Å². The lowest BCUT2D eigenvalue weighted by Gasteiger charge is -2.45. The molecule has 0 bridgehead atoms. The average molecular weight is 391 g/mol. The first-order valence-corrected chi connectivity index (χ1v) is 10.3. The predicted octanol–water partition coefficient (Wildman–Crippen LogP) is 4.02. The molecule has 0 saturated carbocycles. The van der Waals surface area contributed by atoms with E-state index < -0.39 is 0 Å². The number of hydrogen-bond donors (Lipinski definition) is 2. The molecule has 0 radical (unpaired) electrons. The third kappa shape index (κ3) is 3.51. The largest absolute Gasteiger partial charge is 0.375 e. The minimum atomic E-state index is 0.118. The number of nitrogens with two attached hydrogens (primary N) is 1. The second-order valence-corrected chi connectivity index (χ2v) is 9.77. The normalized spacial score (nSPS) is 26.9. The summed E-state index contributed by atoms with van der Waals surface area (Å²) in [5, 5.41) is 0. The second kappa shape index (κ2) is 6.89. The molecule has 2 atom stereocenters. The van der Waals surface area contributed by atoms with Gasteiger partial charge in [0.1, 0.15) is 0 Å². The molecule has 2 aliphatic rings. The highest BCUT2D eigenvalue weighted by Gasteiger charge is 2.41. The molecule has 1 aromatic rings. The molecule has 0 aliphatic carbocycles. The van der Waals surface area contributed by atoms with Crippen molar-refractivity contribution in [3.63, 3.8) is 0 Å². The van der Waals surface area contributed by atoms with E-state index in [-0.39, 0.29) is 11.6 Å². The number of hydrazine groups is 1. The monoisotopic (exact) mass is 390 g/mol. The van der Waals surface area contributed by atoms with Gasteiger partial charge in [-0.2, -0.15) is 11.8 Å². The number of thiophene rings is 1. The molecular weight excluding hydrogens is 368 g/mol. The van der Waals surface area contributed by atoms with Gasteiger partial charge in [-0.3, -0.25) is 11.3 Å². The van der Waals surface area contributed by atoms with Crippen LogP contribution in [0.5, 0.6) is 0 Å². The van der Waals surface area contributed by atoms with E-state index in [9.17, 15) is 0 Å². The maximum absolute atomic E-state index is 6.21. The fourth-order valence-corrected chi connectivity index (χ4v) is 6.49. The van der Waals surface area contributed by atoms with Crippen molar-refractivity contribution in [2.24, 2.45) is 11.8 Å². The quantitative estimate of drug-likeness (QED) is 0.604. The third-order valence-electron chi connectivity index (χ3n) is 4.77. The van der Waals surface area contributed by atoms with Gasteiger partial charge in [-0.15, -0.1) is 11.3 Å². The Kier molecular flexibility index (Phi) is 5.34. The summed E-state index contributed by atoms with van der Waals surface area (Å²) in [5.41, 5.74) is 4.49. The van der Waals surface area contributed by atoms with Crippen LogP contribution in [0.4, 0.5) is 0 Å². The van der Waals surface area contributed by atoms with E-state index in [4.69, 9.17) is 10.6 Å². The Morgan fingerprint density at radius 2 is 2.24 bits per heavy atom. The first kappa shape index (κ1) is 16.3. The fourth-order valence-electron chi connectivity index (χ4n) is 3.53. The highest BCUT2D eigenvalue weighted by molar-refractivity contribution is 9.11. The summed E-state index contributed by atoms with van der Waals surface area (Å²) in [7, 11) is 0. The van der Waals surface area contributed by atoms with Gasteiger partial charge < -0.3 is 4.74 Å². The maximum atomic E-state index is 6.21. The van der Waals surface area contributed by atoms with Crippen LogP contribution >= 0.6 is 39.0 Å². The molecule has 1 aromatic heterocycles. The van der Waals surface area contributed by atoms with E-state index >= 15 is 0 Å². The average Bonchev–Trinajstić information content (AvgIpc) is 2.80. The van der Waals surface area contributed by atoms with E-state index in [1.807, 2.05) is 0 Å². The lowest BCUT2D eigenvalue weighted by Crippen LogP contribution is -2.46. The molecule has 118 valence electrons. The van der Waals surface area contributed by atoms with E-state index in [1.54, 1.807) is 11.3 Å². The number of thioether (sulfide) groups is 1. The van der Waals surface area contributed by atoms with E-state index in [2.05, 4.69) is 46.1 Å². The van der Waals surface area contributed by atoms with Crippen LogP contribution in [0.15, 0.2) is 9.85 Å². The number of hydrogen-bond acceptors (Lipinski definition) is 5. The Morgan fingerprint density at radius 3 is 2.86 bits per heavy atom. The topological polar surface area (TPSA) is 47.3 Å².